The van der Waals surface area contributed by atoms with Gasteiger partial charge in [-0.3, -0.25) is 4.79 Å². The summed E-state index contributed by atoms with van der Waals surface area (Å²) in [5, 5.41) is 8.85. The number of carboxylic acids is 1. The van der Waals surface area contributed by atoms with Crippen molar-refractivity contribution in [1.29, 1.82) is 0 Å². The Bertz CT molecular complexity index is 630. The molecule has 0 radical (unpaired) electrons. The molecule has 9 heteroatoms. The Kier molecular flexibility index (Phi) is 4.84. The van der Waals surface area contributed by atoms with Crippen molar-refractivity contribution in [3.05, 3.63) is 29.8 Å². The number of rotatable bonds is 4. The van der Waals surface area contributed by atoms with Crippen molar-refractivity contribution in [3.63, 3.8) is 0 Å². The number of sulfonamides is 1. The van der Waals surface area contributed by atoms with Crippen molar-refractivity contribution in [2.24, 2.45) is 0 Å². The molecule has 1 aliphatic heterocycles. The molecule has 0 aromatic heterocycles. The Balaban J connectivity index is 2.43. The van der Waals surface area contributed by atoms with Crippen LogP contribution in [-0.4, -0.2) is 47.9 Å². The lowest BCUT2D eigenvalue weighted by molar-refractivity contribution is -0.137. The van der Waals surface area contributed by atoms with Gasteiger partial charge < -0.3 is 5.11 Å². The van der Waals surface area contributed by atoms with Crippen LogP contribution in [0.2, 0.25) is 0 Å². The highest BCUT2D eigenvalue weighted by Gasteiger charge is 2.38. The topological polar surface area (TPSA) is 74.7 Å². The SMILES string of the molecule is O=C(O)CC1CSCCN1S(=O)(=O)c1c(F)cccc1F. The summed E-state index contributed by atoms with van der Waals surface area (Å²) < 4.78 is 53.3. The molecule has 1 N–H and O–H groups in total. The standard InChI is InChI=1S/C12H13F2NO4S2/c13-9-2-1-3-10(14)12(9)21(18,19)15-4-5-20-7-8(15)6-11(16)17/h1-3,8H,4-7H2,(H,16,17). The third kappa shape index (κ3) is 3.35. The normalized spacial score (nSPS) is 20.4. The van der Waals surface area contributed by atoms with Crippen molar-refractivity contribution < 1.29 is 27.1 Å². The van der Waals surface area contributed by atoms with E-state index >= 15 is 0 Å². The molecular weight excluding hydrogens is 324 g/mol. The summed E-state index contributed by atoms with van der Waals surface area (Å²) in [5.41, 5.74) is 0. The molecule has 5 nitrogen and oxygen atoms in total. The molecule has 1 aromatic carbocycles. The first-order chi connectivity index (χ1) is 9.84. The largest absolute Gasteiger partial charge is 0.481 e. The van der Waals surface area contributed by atoms with Gasteiger partial charge in [-0.05, 0) is 12.1 Å². The lowest BCUT2D eigenvalue weighted by Crippen LogP contribution is -2.47. The molecule has 0 spiro atoms. The Morgan fingerprint density at radius 2 is 2.00 bits per heavy atom. The zero-order valence-corrected chi connectivity index (χ0v) is 12.5. The van der Waals surface area contributed by atoms with Crippen LogP contribution in [0.1, 0.15) is 6.42 Å². The van der Waals surface area contributed by atoms with Gasteiger partial charge in [-0.15, -0.1) is 0 Å². The lowest BCUT2D eigenvalue weighted by atomic mass is 10.2. The first-order valence-electron chi connectivity index (χ1n) is 6.09. The van der Waals surface area contributed by atoms with E-state index in [-0.39, 0.29) is 12.3 Å². The van der Waals surface area contributed by atoms with Gasteiger partial charge in [0, 0.05) is 24.1 Å². The van der Waals surface area contributed by atoms with E-state index in [0.29, 0.717) is 5.75 Å². The predicted molar refractivity (Wildman–Crippen MR) is 73.6 cm³/mol. The third-order valence-electron chi connectivity index (χ3n) is 3.07. The van der Waals surface area contributed by atoms with Gasteiger partial charge in [-0.1, -0.05) is 6.07 Å². The molecule has 0 amide bonds. The van der Waals surface area contributed by atoms with Crippen molar-refractivity contribution in [2.45, 2.75) is 17.4 Å². The second kappa shape index (κ2) is 6.29. The van der Waals surface area contributed by atoms with Crippen molar-refractivity contribution in [2.75, 3.05) is 18.1 Å². The van der Waals surface area contributed by atoms with Gasteiger partial charge >= 0.3 is 5.97 Å². The summed E-state index contributed by atoms with van der Waals surface area (Å²) in [6.45, 7) is 0.0265. The molecule has 1 atom stereocenters. The smallest absolute Gasteiger partial charge is 0.305 e. The van der Waals surface area contributed by atoms with E-state index in [9.17, 15) is 22.0 Å². The molecule has 1 saturated heterocycles. The number of halogens is 2. The van der Waals surface area contributed by atoms with Gasteiger partial charge in [0.25, 0.3) is 0 Å². The Labute approximate surface area is 125 Å². The Morgan fingerprint density at radius 1 is 1.38 bits per heavy atom. The summed E-state index contributed by atoms with van der Waals surface area (Å²) in [5.74, 6) is -2.78. The molecular formula is C12H13F2NO4S2. The minimum absolute atomic E-state index is 0.0265. The Hall–Kier alpha value is -1.19. The zero-order valence-electron chi connectivity index (χ0n) is 10.8. The van der Waals surface area contributed by atoms with Crippen LogP contribution in [0.5, 0.6) is 0 Å². The van der Waals surface area contributed by atoms with Crippen LogP contribution in [0, 0.1) is 11.6 Å². The number of hydrogen-bond acceptors (Lipinski definition) is 4. The highest BCUT2D eigenvalue weighted by atomic mass is 32.2. The number of carbonyl (C=O) groups is 1. The maximum absolute atomic E-state index is 13.7. The fraction of sp³-hybridized carbons (Fsp3) is 0.417. The van der Waals surface area contributed by atoms with Crippen LogP contribution < -0.4 is 0 Å². The van der Waals surface area contributed by atoms with Crippen LogP contribution in [-0.2, 0) is 14.8 Å². The van der Waals surface area contributed by atoms with E-state index in [1.807, 2.05) is 0 Å². The van der Waals surface area contributed by atoms with Crippen molar-refractivity contribution in [3.8, 4) is 0 Å². The monoisotopic (exact) mass is 337 g/mol. The quantitative estimate of drug-likeness (QED) is 0.902. The molecule has 1 aromatic rings. The van der Waals surface area contributed by atoms with E-state index in [0.717, 1.165) is 22.5 Å². The van der Waals surface area contributed by atoms with Gasteiger partial charge in [-0.25, -0.2) is 17.2 Å². The van der Waals surface area contributed by atoms with Crippen LogP contribution in [0.25, 0.3) is 0 Å². The summed E-state index contributed by atoms with van der Waals surface area (Å²) in [6.07, 6.45) is -0.400. The highest BCUT2D eigenvalue weighted by molar-refractivity contribution is 7.99. The maximum Gasteiger partial charge on any atom is 0.305 e. The molecule has 1 heterocycles. The number of thioether (sulfide) groups is 1. The second-order valence-corrected chi connectivity index (χ2v) is 7.47. The summed E-state index contributed by atoms with van der Waals surface area (Å²) >= 11 is 1.41. The molecule has 0 bridgehead atoms. The van der Waals surface area contributed by atoms with Gasteiger partial charge in [0.05, 0.1) is 6.42 Å². The number of carboxylic acid groups (broad SMARTS) is 1. The fourth-order valence-electron chi connectivity index (χ4n) is 2.16. The fourth-order valence-corrected chi connectivity index (χ4v) is 5.17. The van der Waals surface area contributed by atoms with Crippen LogP contribution in [0.3, 0.4) is 0 Å². The molecule has 0 saturated carbocycles. The van der Waals surface area contributed by atoms with Gasteiger partial charge in [-0.2, -0.15) is 16.1 Å². The summed E-state index contributed by atoms with van der Waals surface area (Å²) in [4.78, 5) is 9.81. The van der Waals surface area contributed by atoms with E-state index in [4.69, 9.17) is 5.11 Å². The number of benzene rings is 1. The molecule has 116 valence electrons. The first kappa shape index (κ1) is 16.2. The van der Waals surface area contributed by atoms with E-state index < -0.39 is 45.0 Å². The zero-order chi connectivity index (χ0) is 15.6. The number of nitrogens with zero attached hydrogens (tertiary/aromatic N) is 1. The molecule has 1 fully saturated rings. The molecule has 0 aliphatic carbocycles. The summed E-state index contributed by atoms with van der Waals surface area (Å²) in [6, 6.07) is 1.98. The third-order valence-corrected chi connectivity index (χ3v) is 6.17. The maximum atomic E-state index is 13.7. The molecule has 21 heavy (non-hydrogen) atoms. The van der Waals surface area contributed by atoms with Crippen molar-refractivity contribution in [1.82, 2.24) is 4.31 Å². The molecule has 1 unspecified atom stereocenters. The van der Waals surface area contributed by atoms with Gasteiger partial charge in [0.15, 0.2) is 4.90 Å². The summed E-state index contributed by atoms with van der Waals surface area (Å²) in [7, 11) is -4.41. The first-order valence-corrected chi connectivity index (χ1v) is 8.69. The minimum Gasteiger partial charge on any atom is -0.481 e. The number of hydrogen-bond donors (Lipinski definition) is 1. The van der Waals surface area contributed by atoms with E-state index in [1.165, 1.54) is 11.8 Å². The minimum atomic E-state index is -4.41. The Morgan fingerprint density at radius 3 is 2.57 bits per heavy atom. The van der Waals surface area contributed by atoms with Gasteiger partial charge in [0.1, 0.15) is 11.6 Å². The lowest BCUT2D eigenvalue weighted by Gasteiger charge is -2.33. The number of aliphatic carboxylic acids is 1. The average Bonchev–Trinajstić information content (AvgIpc) is 2.37. The van der Waals surface area contributed by atoms with E-state index in [2.05, 4.69) is 0 Å². The van der Waals surface area contributed by atoms with Crippen LogP contribution in [0.15, 0.2) is 23.1 Å². The van der Waals surface area contributed by atoms with E-state index in [1.54, 1.807) is 0 Å². The average molecular weight is 337 g/mol. The van der Waals surface area contributed by atoms with Gasteiger partial charge in [0.2, 0.25) is 10.0 Å². The van der Waals surface area contributed by atoms with Crippen LogP contribution >= 0.6 is 11.8 Å². The van der Waals surface area contributed by atoms with Crippen molar-refractivity contribution >= 4 is 27.8 Å². The highest BCUT2D eigenvalue weighted by Crippen LogP contribution is 2.29. The second-order valence-electron chi connectivity index (χ2n) is 4.49. The molecule has 1 aliphatic rings. The van der Waals surface area contributed by atoms with Crippen LogP contribution in [0.4, 0.5) is 8.78 Å². The predicted octanol–water partition coefficient (Wildman–Crippen LogP) is 1.55. The molecule has 2 rings (SSSR count).